The molecule has 2 bridgehead atoms. The van der Waals surface area contributed by atoms with Crippen LogP contribution in [0.5, 0.6) is 0 Å². The zero-order chi connectivity index (χ0) is 15.3. The Bertz CT molecular complexity index is 804. The van der Waals surface area contributed by atoms with Crippen LogP contribution in [0.15, 0.2) is 35.4 Å². The van der Waals surface area contributed by atoms with Crippen molar-refractivity contribution in [3.8, 4) is 0 Å². The van der Waals surface area contributed by atoms with Gasteiger partial charge in [0.25, 0.3) is 0 Å². The van der Waals surface area contributed by atoms with Gasteiger partial charge in [0.05, 0.1) is 17.1 Å². The summed E-state index contributed by atoms with van der Waals surface area (Å²) in [5.41, 5.74) is 2.07. The molecule has 116 valence electrons. The summed E-state index contributed by atoms with van der Waals surface area (Å²) >= 11 is 7.67. The summed E-state index contributed by atoms with van der Waals surface area (Å²) in [5, 5.41) is 7.63. The molecule has 1 aromatic carbocycles. The van der Waals surface area contributed by atoms with Crippen molar-refractivity contribution in [3.05, 3.63) is 46.7 Å². The van der Waals surface area contributed by atoms with E-state index in [9.17, 15) is 8.42 Å². The van der Waals surface area contributed by atoms with Crippen molar-refractivity contribution >= 4 is 33.4 Å². The number of aromatic nitrogens is 2. The van der Waals surface area contributed by atoms with Crippen LogP contribution < -0.4 is 0 Å². The molecule has 2 atom stereocenters. The molecule has 0 saturated carbocycles. The number of nitrogens with zero attached hydrogens (tertiary/aromatic N) is 2. The molecular formula is C14H14ClN3O2S2. The van der Waals surface area contributed by atoms with Gasteiger partial charge in [-0.1, -0.05) is 11.6 Å². The topological polar surface area (TPSA) is 66.1 Å². The van der Waals surface area contributed by atoms with Crippen molar-refractivity contribution in [2.45, 2.75) is 23.4 Å². The highest BCUT2D eigenvalue weighted by molar-refractivity contribution is 7.99. The first-order valence-corrected chi connectivity index (χ1v) is 9.93. The van der Waals surface area contributed by atoms with E-state index in [1.54, 1.807) is 46.5 Å². The molecule has 1 N–H and O–H groups in total. The Morgan fingerprint density at radius 3 is 2.82 bits per heavy atom. The fourth-order valence-electron chi connectivity index (χ4n) is 3.19. The van der Waals surface area contributed by atoms with Gasteiger partial charge in [-0.15, -0.1) is 0 Å². The average Bonchev–Trinajstić information content (AvgIpc) is 2.95. The second-order valence-corrected chi connectivity index (χ2v) is 8.86. The number of fused-ring (bicyclic) bond motifs is 4. The maximum absolute atomic E-state index is 13.1. The monoisotopic (exact) mass is 355 g/mol. The zero-order valence-electron chi connectivity index (χ0n) is 11.6. The lowest BCUT2D eigenvalue weighted by Crippen LogP contribution is -2.51. The maximum atomic E-state index is 13.1. The summed E-state index contributed by atoms with van der Waals surface area (Å²) in [6, 6.07) is 6.21. The lowest BCUT2D eigenvalue weighted by atomic mass is 9.98. The van der Waals surface area contributed by atoms with E-state index in [4.69, 9.17) is 11.6 Å². The van der Waals surface area contributed by atoms with Gasteiger partial charge in [0.2, 0.25) is 10.0 Å². The van der Waals surface area contributed by atoms with Crippen molar-refractivity contribution in [2.24, 2.45) is 0 Å². The molecule has 1 saturated heterocycles. The number of nitrogens with one attached hydrogen (secondary N) is 1. The number of H-pyrrole nitrogens is 1. The number of thioether (sulfide) groups is 1. The molecule has 4 rings (SSSR count). The van der Waals surface area contributed by atoms with Crippen molar-refractivity contribution in [2.75, 3.05) is 11.5 Å². The molecule has 3 heterocycles. The molecule has 0 radical (unpaired) electrons. The lowest BCUT2D eigenvalue weighted by Gasteiger charge is -2.43. The molecule has 5 nitrogen and oxygen atoms in total. The molecule has 1 aromatic heterocycles. The van der Waals surface area contributed by atoms with Gasteiger partial charge in [-0.2, -0.15) is 21.2 Å². The molecule has 2 aliphatic heterocycles. The number of benzene rings is 1. The van der Waals surface area contributed by atoms with Crippen LogP contribution in [0.25, 0.3) is 0 Å². The van der Waals surface area contributed by atoms with Crippen molar-refractivity contribution in [1.82, 2.24) is 14.5 Å². The number of rotatable bonds is 2. The van der Waals surface area contributed by atoms with Crippen molar-refractivity contribution < 1.29 is 8.42 Å². The Hall–Kier alpha value is -1.02. The van der Waals surface area contributed by atoms with Crippen molar-refractivity contribution in [3.63, 3.8) is 0 Å². The number of sulfonamides is 1. The predicted octanol–water partition coefficient (Wildman–Crippen LogP) is 2.47. The van der Waals surface area contributed by atoms with Gasteiger partial charge in [0.15, 0.2) is 0 Å². The highest BCUT2D eigenvalue weighted by Crippen LogP contribution is 2.42. The van der Waals surface area contributed by atoms with E-state index in [1.807, 2.05) is 0 Å². The van der Waals surface area contributed by atoms with Crippen LogP contribution >= 0.6 is 23.4 Å². The second kappa shape index (κ2) is 5.26. The highest BCUT2D eigenvalue weighted by atomic mass is 35.5. The number of hydrogen-bond donors (Lipinski definition) is 1. The highest BCUT2D eigenvalue weighted by Gasteiger charge is 2.45. The standard InChI is InChI=1S/C14H14ClN3O2S2/c15-9-1-3-11(4-2-9)22(19,20)18-10-5-13-12(6-16-17-13)14(18)8-21-7-10/h1-4,6,10,14H,5,7-8H2,(H,16,17). The Balaban J connectivity index is 1.80. The molecule has 0 amide bonds. The third kappa shape index (κ3) is 2.19. The van der Waals surface area contributed by atoms with E-state index in [2.05, 4.69) is 10.2 Å². The fraction of sp³-hybridized carbons (Fsp3) is 0.357. The number of halogens is 1. The molecule has 0 spiro atoms. The summed E-state index contributed by atoms with van der Waals surface area (Å²) in [6.07, 6.45) is 2.44. The van der Waals surface area contributed by atoms with E-state index < -0.39 is 10.0 Å². The minimum Gasteiger partial charge on any atom is -0.282 e. The Morgan fingerprint density at radius 1 is 1.27 bits per heavy atom. The smallest absolute Gasteiger partial charge is 0.243 e. The third-order valence-electron chi connectivity index (χ3n) is 4.19. The van der Waals surface area contributed by atoms with Crippen LogP contribution in [0.1, 0.15) is 17.3 Å². The zero-order valence-corrected chi connectivity index (χ0v) is 14.0. The van der Waals surface area contributed by atoms with E-state index in [0.717, 1.165) is 22.8 Å². The van der Waals surface area contributed by atoms with E-state index in [0.29, 0.717) is 16.3 Å². The predicted molar refractivity (Wildman–Crippen MR) is 86.6 cm³/mol. The van der Waals surface area contributed by atoms with Crippen LogP contribution in [-0.2, 0) is 16.4 Å². The summed E-state index contributed by atoms with van der Waals surface area (Å²) in [7, 11) is -3.54. The second-order valence-electron chi connectivity index (χ2n) is 5.50. The largest absolute Gasteiger partial charge is 0.282 e. The van der Waals surface area contributed by atoms with Gasteiger partial charge in [0.1, 0.15) is 0 Å². The van der Waals surface area contributed by atoms with Crippen LogP contribution in [-0.4, -0.2) is 40.5 Å². The molecule has 2 unspecified atom stereocenters. The van der Waals surface area contributed by atoms with Crippen molar-refractivity contribution in [1.29, 1.82) is 0 Å². The summed E-state index contributed by atoms with van der Waals surface area (Å²) < 4.78 is 27.8. The Morgan fingerprint density at radius 2 is 2.05 bits per heavy atom. The molecule has 1 fully saturated rings. The van der Waals surface area contributed by atoms with Gasteiger partial charge < -0.3 is 0 Å². The molecule has 22 heavy (non-hydrogen) atoms. The number of hydrogen-bond acceptors (Lipinski definition) is 4. The molecule has 8 heteroatoms. The van der Waals surface area contributed by atoms with Crippen LogP contribution in [0.2, 0.25) is 5.02 Å². The minimum absolute atomic E-state index is 0.0302. The minimum atomic E-state index is -3.54. The van der Waals surface area contributed by atoms with Crippen LogP contribution in [0.3, 0.4) is 0 Å². The van der Waals surface area contributed by atoms with Crippen LogP contribution in [0.4, 0.5) is 0 Å². The Kier molecular flexibility index (Phi) is 3.48. The van der Waals surface area contributed by atoms with Gasteiger partial charge in [-0.25, -0.2) is 8.42 Å². The SMILES string of the molecule is O=S(=O)(c1ccc(Cl)cc1)N1C2CSCC1c1cn[nH]c1C2. The quantitative estimate of drug-likeness (QED) is 0.898. The van der Waals surface area contributed by atoms with E-state index in [-0.39, 0.29) is 12.1 Å². The maximum Gasteiger partial charge on any atom is 0.243 e. The van der Waals surface area contributed by atoms with Gasteiger partial charge >= 0.3 is 0 Å². The first-order chi connectivity index (χ1) is 10.6. The van der Waals surface area contributed by atoms with E-state index >= 15 is 0 Å². The van der Waals surface area contributed by atoms with Gasteiger partial charge in [0, 0.05) is 40.2 Å². The molecule has 2 aromatic rings. The number of aromatic amines is 1. The normalized spacial score (nSPS) is 25.0. The van der Waals surface area contributed by atoms with Gasteiger partial charge in [-0.05, 0) is 24.3 Å². The van der Waals surface area contributed by atoms with Crippen LogP contribution in [0, 0.1) is 0 Å². The first-order valence-electron chi connectivity index (χ1n) is 6.96. The average molecular weight is 356 g/mol. The summed E-state index contributed by atoms with van der Waals surface area (Å²) in [5.74, 6) is 1.57. The first kappa shape index (κ1) is 14.6. The lowest BCUT2D eigenvalue weighted by molar-refractivity contribution is 0.253. The molecule has 0 aliphatic carbocycles. The Labute approximate surface area is 138 Å². The van der Waals surface area contributed by atoms with Gasteiger partial charge in [-0.3, -0.25) is 5.10 Å². The summed E-state index contributed by atoms with van der Waals surface area (Å²) in [6.45, 7) is 0. The molecular weight excluding hydrogens is 342 g/mol. The third-order valence-corrected chi connectivity index (χ3v) is 7.59. The summed E-state index contributed by atoms with van der Waals surface area (Å²) in [4.78, 5) is 0.297. The molecule has 2 aliphatic rings. The fourth-order valence-corrected chi connectivity index (χ4v) is 6.55. The van der Waals surface area contributed by atoms with E-state index in [1.165, 1.54) is 0 Å².